The van der Waals surface area contributed by atoms with Crippen molar-refractivity contribution >= 4 is 27.5 Å². The van der Waals surface area contributed by atoms with Crippen molar-refractivity contribution in [1.82, 2.24) is 9.91 Å². The molecule has 1 saturated heterocycles. The van der Waals surface area contributed by atoms with E-state index in [2.05, 4.69) is 39.1 Å². The average molecular weight is 470 g/mol. The summed E-state index contributed by atoms with van der Waals surface area (Å²) in [5.41, 5.74) is 2.77. The lowest BCUT2D eigenvalue weighted by molar-refractivity contribution is -0.158. The first-order chi connectivity index (χ1) is 14.5. The van der Waals surface area contributed by atoms with Crippen LogP contribution in [0.4, 0.5) is 0 Å². The van der Waals surface area contributed by atoms with E-state index in [0.717, 1.165) is 52.1 Å². The van der Waals surface area contributed by atoms with Crippen LogP contribution in [-0.4, -0.2) is 47.5 Å². The normalized spacial score (nSPS) is 21.6. The molecule has 30 heavy (non-hydrogen) atoms. The highest BCUT2D eigenvalue weighted by Crippen LogP contribution is 2.50. The van der Waals surface area contributed by atoms with Crippen LogP contribution in [0.1, 0.15) is 43.4 Å². The van der Waals surface area contributed by atoms with Crippen LogP contribution in [-0.2, 0) is 4.79 Å². The average Bonchev–Trinajstić information content (AvgIpc) is 3.22. The van der Waals surface area contributed by atoms with E-state index in [0.29, 0.717) is 13.1 Å². The van der Waals surface area contributed by atoms with Crippen LogP contribution >= 0.6 is 15.9 Å². The fraction of sp³-hybridized carbons (Fsp3) is 0.391. The van der Waals surface area contributed by atoms with Crippen LogP contribution < -0.4 is 9.47 Å². The number of hydrogen-bond acceptors (Lipinski definition) is 5. The standard InChI is InChI=1S/C23H24BrN3O3/c1-15(28)26-11-9-23(10-12-26)27-21(19-13-17(24)5-8-22(19)30-23)14-20(25-27)16-3-6-18(29-2)7-4-16/h3-8,13,21H,9-12,14H2,1-2H3. The Hall–Kier alpha value is -2.54. The number of hydrazone groups is 1. The number of piperidine rings is 1. The van der Waals surface area contributed by atoms with E-state index in [1.54, 1.807) is 14.0 Å². The van der Waals surface area contributed by atoms with Gasteiger partial charge in [-0.2, -0.15) is 5.10 Å². The number of ether oxygens (including phenoxy) is 2. The molecular formula is C23H24BrN3O3. The molecule has 1 unspecified atom stereocenters. The molecule has 3 heterocycles. The molecule has 0 bridgehead atoms. The number of methoxy groups -OCH3 is 1. The van der Waals surface area contributed by atoms with E-state index in [1.165, 1.54) is 0 Å². The zero-order chi connectivity index (χ0) is 20.9. The number of nitrogens with zero attached hydrogens (tertiary/aromatic N) is 3. The van der Waals surface area contributed by atoms with Crippen molar-refractivity contribution in [1.29, 1.82) is 0 Å². The molecule has 1 atom stereocenters. The van der Waals surface area contributed by atoms with Crippen LogP contribution in [0.3, 0.4) is 0 Å². The lowest BCUT2D eigenvalue weighted by Crippen LogP contribution is -2.59. The number of rotatable bonds is 2. The maximum Gasteiger partial charge on any atom is 0.219 e. The molecule has 3 aliphatic heterocycles. The number of amides is 1. The monoisotopic (exact) mass is 469 g/mol. The summed E-state index contributed by atoms with van der Waals surface area (Å²) in [6.45, 7) is 2.99. The molecule has 7 heteroatoms. The highest BCUT2D eigenvalue weighted by molar-refractivity contribution is 9.10. The summed E-state index contributed by atoms with van der Waals surface area (Å²) < 4.78 is 12.9. The summed E-state index contributed by atoms with van der Waals surface area (Å²) >= 11 is 3.61. The van der Waals surface area contributed by atoms with Gasteiger partial charge in [-0.3, -0.25) is 4.79 Å². The first-order valence-corrected chi connectivity index (χ1v) is 11.0. The van der Waals surface area contributed by atoms with Gasteiger partial charge < -0.3 is 14.4 Å². The minimum Gasteiger partial charge on any atom is -0.497 e. The number of hydrogen-bond donors (Lipinski definition) is 0. The fourth-order valence-corrected chi connectivity index (χ4v) is 5.09. The smallest absolute Gasteiger partial charge is 0.219 e. The van der Waals surface area contributed by atoms with E-state index >= 15 is 0 Å². The Bertz CT molecular complexity index is 1010. The minimum atomic E-state index is -0.522. The second-order valence-corrected chi connectivity index (χ2v) is 8.99. The van der Waals surface area contributed by atoms with E-state index < -0.39 is 5.72 Å². The number of carbonyl (C=O) groups excluding carboxylic acids is 1. The van der Waals surface area contributed by atoms with Gasteiger partial charge in [0.1, 0.15) is 11.5 Å². The summed E-state index contributed by atoms with van der Waals surface area (Å²) in [6, 6.07) is 14.4. The van der Waals surface area contributed by atoms with Gasteiger partial charge in [0.15, 0.2) is 0 Å². The van der Waals surface area contributed by atoms with Crippen molar-refractivity contribution in [3.05, 3.63) is 58.1 Å². The quantitative estimate of drug-likeness (QED) is 0.656. The molecule has 156 valence electrons. The molecule has 0 radical (unpaired) electrons. The Balaban J connectivity index is 1.53. The molecule has 0 aromatic heterocycles. The van der Waals surface area contributed by atoms with Crippen LogP contribution in [0.25, 0.3) is 0 Å². The first-order valence-electron chi connectivity index (χ1n) is 10.2. The second kappa shape index (κ2) is 7.30. The van der Waals surface area contributed by atoms with Crippen LogP contribution in [0.15, 0.2) is 52.0 Å². The molecule has 1 amide bonds. The zero-order valence-corrected chi connectivity index (χ0v) is 18.7. The molecule has 0 N–H and O–H groups in total. The van der Waals surface area contributed by atoms with Crippen molar-refractivity contribution in [3.63, 3.8) is 0 Å². The summed E-state index contributed by atoms with van der Waals surface area (Å²) in [7, 11) is 1.67. The lowest BCUT2D eigenvalue weighted by atomic mass is 9.90. The first kappa shape index (κ1) is 19.4. The van der Waals surface area contributed by atoms with E-state index in [9.17, 15) is 4.79 Å². The van der Waals surface area contributed by atoms with Crippen molar-refractivity contribution in [2.24, 2.45) is 5.10 Å². The highest BCUT2D eigenvalue weighted by atomic mass is 79.9. The summed E-state index contributed by atoms with van der Waals surface area (Å²) in [5, 5.41) is 7.24. The third kappa shape index (κ3) is 3.16. The highest BCUT2D eigenvalue weighted by Gasteiger charge is 2.52. The summed E-state index contributed by atoms with van der Waals surface area (Å²) in [6.07, 6.45) is 2.28. The molecule has 1 spiro atoms. The maximum absolute atomic E-state index is 11.9. The topological polar surface area (TPSA) is 54.4 Å². The van der Waals surface area contributed by atoms with E-state index in [-0.39, 0.29) is 11.9 Å². The Morgan fingerprint density at radius 3 is 2.60 bits per heavy atom. The van der Waals surface area contributed by atoms with Crippen molar-refractivity contribution in [3.8, 4) is 11.5 Å². The minimum absolute atomic E-state index is 0.116. The predicted octanol–water partition coefficient (Wildman–Crippen LogP) is 4.34. The second-order valence-electron chi connectivity index (χ2n) is 8.08. The maximum atomic E-state index is 11.9. The van der Waals surface area contributed by atoms with Gasteiger partial charge in [0, 0.05) is 49.3 Å². The summed E-state index contributed by atoms with van der Waals surface area (Å²) in [5.74, 6) is 1.87. The predicted molar refractivity (Wildman–Crippen MR) is 118 cm³/mol. The third-order valence-electron chi connectivity index (χ3n) is 6.37. The van der Waals surface area contributed by atoms with E-state index in [1.807, 2.05) is 29.2 Å². The van der Waals surface area contributed by atoms with Crippen LogP contribution in [0.2, 0.25) is 0 Å². The van der Waals surface area contributed by atoms with Gasteiger partial charge in [-0.1, -0.05) is 15.9 Å². The van der Waals surface area contributed by atoms with Gasteiger partial charge in [-0.25, -0.2) is 5.01 Å². The van der Waals surface area contributed by atoms with Gasteiger partial charge in [0.05, 0.1) is 18.9 Å². The van der Waals surface area contributed by atoms with Gasteiger partial charge >= 0.3 is 0 Å². The number of halogens is 1. The van der Waals surface area contributed by atoms with E-state index in [4.69, 9.17) is 14.6 Å². The van der Waals surface area contributed by atoms with Crippen LogP contribution in [0.5, 0.6) is 11.5 Å². The van der Waals surface area contributed by atoms with Gasteiger partial charge in [0.25, 0.3) is 0 Å². The SMILES string of the molecule is COc1ccc(C2=NN3C(C2)c2cc(Br)ccc2OC32CCN(C(C)=O)CC2)cc1. The Morgan fingerprint density at radius 1 is 1.20 bits per heavy atom. The summed E-state index contributed by atoms with van der Waals surface area (Å²) in [4.78, 5) is 13.7. The Morgan fingerprint density at radius 2 is 1.93 bits per heavy atom. The van der Waals surface area contributed by atoms with Gasteiger partial charge in [-0.15, -0.1) is 0 Å². The molecule has 2 aromatic rings. The number of fused-ring (bicyclic) bond motifs is 4. The molecule has 2 aromatic carbocycles. The Labute approximate surface area is 184 Å². The number of carbonyl (C=O) groups is 1. The molecule has 6 nitrogen and oxygen atoms in total. The molecule has 0 saturated carbocycles. The third-order valence-corrected chi connectivity index (χ3v) is 6.87. The molecule has 0 aliphatic carbocycles. The zero-order valence-electron chi connectivity index (χ0n) is 17.1. The van der Waals surface area contributed by atoms with Crippen molar-refractivity contribution in [2.75, 3.05) is 20.2 Å². The molecule has 1 fully saturated rings. The van der Waals surface area contributed by atoms with Crippen LogP contribution in [0, 0.1) is 0 Å². The number of likely N-dealkylation sites (tertiary alicyclic amines) is 1. The molecular weight excluding hydrogens is 446 g/mol. The molecule has 3 aliphatic rings. The lowest BCUT2D eigenvalue weighted by Gasteiger charge is -2.51. The van der Waals surface area contributed by atoms with Crippen molar-refractivity contribution < 1.29 is 14.3 Å². The Kier molecular flexibility index (Phi) is 4.73. The molecule has 5 rings (SSSR count). The van der Waals surface area contributed by atoms with Crippen molar-refractivity contribution in [2.45, 2.75) is 38.0 Å². The fourth-order valence-electron chi connectivity index (χ4n) is 4.71. The largest absolute Gasteiger partial charge is 0.497 e. The van der Waals surface area contributed by atoms with Gasteiger partial charge in [0.2, 0.25) is 11.6 Å². The number of benzene rings is 2. The van der Waals surface area contributed by atoms with Gasteiger partial charge in [-0.05, 0) is 48.0 Å².